The average Bonchev–Trinajstić information content (AvgIpc) is 2.50. The number of carbonyl (C=O) groups is 1. The van der Waals surface area contributed by atoms with Gasteiger partial charge in [-0.05, 0) is 23.8 Å². The summed E-state index contributed by atoms with van der Waals surface area (Å²) in [5, 5.41) is 9.96. The number of aliphatic hydroxyl groups is 1. The Morgan fingerprint density at radius 1 is 1.09 bits per heavy atom. The summed E-state index contributed by atoms with van der Waals surface area (Å²) < 4.78 is 5.27. The molecule has 0 bridgehead atoms. The molecule has 0 heterocycles. The number of halogens is 2. The molecule has 1 amide bonds. The van der Waals surface area contributed by atoms with Gasteiger partial charge in [0.1, 0.15) is 6.61 Å². The zero-order valence-electron chi connectivity index (χ0n) is 11.7. The maximum absolute atomic E-state index is 12.2. The number of nitrogens with zero attached hydrogens (tertiary/aromatic N) is 1. The summed E-state index contributed by atoms with van der Waals surface area (Å²) in [6.07, 6.45) is -0.573. The molecule has 6 heteroatoms. The van der Waals surface area contributed by atoms with Crippen LogP contribution < -0.4 is 4.90 Å². The highest BCUT2D eigenvalue weighted by atomic mass is 35.5. The molecule has 0 fully saturated rings. The monoisotopic (exact) mass is 339 g/mol. The minimum Gasteiger partial charge on any atom is -0.444 e. The zero-order chi connectivity index (χ0) is 15.9. The molecular formula is C16H15Cl2NO3. The van der Waals surface area contributed by atoms with Crippen LogP contribution >= 0.6 is 23.2 Å². The first kappa shape index (κ1) is 16.6. The molecule has 0 saturated heterocycles. The Morgan fingerprint density at radius 2 is 1.73 bits per heavy atom. The number of carbonyl (C=O) groups excluding carboxylic acids is 1. The third kappa shape index (κ3) is 4.63. The number of hydrogen-bond donors (Lipinski definition) is 1. The molecule has 4 nitrogen and oxygen atoms in total. The van der Waals surface area contributed by atoms with Gasteiger partial charge in [-0.1, -0.05) is 53.5 Å². The summed E-state index contributed by atoms with van der Waals surface area (Å²) in [6, 6.07) is 14.1. The predicted molar refractivity (Wildman–Crippen MR) is 87.5 cm³/mol. The van der Waals surface area contributed by atoms with Gasteiger partial charge in [-0.25, -0.2) is 4.79 Å². The fourth-order valence-electron chi connectivity index (χ4n) is 1.92. The molecule has 2 rings (SSSR count). The minimum absolute atomic E-state index is 0.0876. The summed E-state index contributed by atoms with van der Waals surface area (Å²) in [4.78, 5) is 13.5. The number of hydrogen-bond acceptors (Lipinski definition) is 3. The normalized spacial score (nSPS) is 10.3. The fourth-order valence-corrected chi connectivity index (χ4v) is 2.43. The van der Waals surface area contributed by atoms with Crippen molar-refractivity contribution in [2.75, 3.05) is 18.1 Å². The van der Waals surface area contributed by atoms with E-state index in [0.29, 0.717) is 15.7 Å². The summed E-state index contributed by atoms with van der Waals surface area (Å²) in [5.74, 6) is 0. The van der Waals surface area contributed by atoms with E-state index in [2.05, 4.69) is 0 Å². The van der Waals surface area contributed by atoms with E-state index in [9.17, 15) is 4.79 Å². The van der Waals surface area contributed by atoms with Gasteiger partial charge >= 0.3 is 6.09 Å². The minimum atomic E-state index is -0.573. The zero-order valence-corrected chi connectivity index (χ0v) is 13.2. The molecule has 0 spiro atoms. The van der Waals surface area contributed by atoms with Crippen LogP contribution in [0.15, 0.2) is 48.5 Å². The second-order valence-corrected chi connectivity index (χ2v) is 5.42. The van der Waals surface area contributed by atoms with Crippen LogP contribution in [0, 0.1) is 0 Å². The van der Waals surface area contributed by atoms with E-state index in [1.807, 2.05) is 30.3 Å². The van der Waals surface area contributed by atoms with Crippen molar-refractivity contribution >= 4 is 35.0 Å². The van der Waals surface area contributed by atoms with Crippen molar-refractivity contribution in [1.82, 2.24) is 0 Å². The van der Waals surface area contributed by atoms with Crippen LogP contribution in [0.2, 0.25) is 10.0 Å². The predicted octanol–water partition coefficient (Wildman–Crippen LogP) is 4.13. The first-order chi connectivity index (χ1) is 10.6. The van der Waals surface area contributed by atoms with E-state index in [0.717, 1.165) is 5.56 Å². The Hall–Kier alpha value is -1.75. The van der Waals surface area contributed by atoms with Gasteiger partial charge in [-0.3, -0.25) is 4.90 Å². The van der Waals surface area contributed by atoms with Crippen LogP contribution in [0.4, 0.5) is 10.5 Å². The van der Waals surface area contributed by atoms with E-state index in [4.69, 9.17) is 33.0 Å². The summed E-state index contributed by atoms with van der Waals surface area (Å²) >= 11 is 11.9. The van der Waals surface area contributed by atoms with Crippen LogP contribution in [0.5, 0.6) is 0 Å². The maximum Gasteiger partial charge on any atom is 0.414 e. The molecule has 0 aliphatic heterocycles. The number of rotatable bonds is 5. The smallest absolute Gasteiger partial charge is 0.414 e. The first-order valence-corrected chi connectivity index (χ1v) is 7.41. The molecule has 0 aliphatic carbocycles. The average molecular weight is 340 g/mol. The SMILES string of the molecule is O=C(OCc1ccccc1)N(CCO)c1cc(Cl)cc(Cl)c1. The Bertz CT molecular complexity index is 614. The molecule has 1 N–H and O–H groups in total. The van der Waals surface area contributed by atoms with Crippen molar-refractivity contribution in [2.45, 2.75) is 6.61 Å². The number of amides is 1. The first-order valence-electron chi connectivity index (χ1n) is 6.65. The van der Waals surface area contributed by atoms with Crippen molar-refractivity contribution in [3.63, 3.8) is 0 Å². The molecule has 0 aromatic heterocycles. The standard InChI is InChI=1S/C16H15Cl2NO3/c17-13-8-14(18)10-15(9-13)19(6-7-20)16(21)22-11-12-4-2-1-3-5-12/h1-5,8-10,20H,6-7,11H2. The quantitative estimate of drug-likeness (QED) is 0.890. The molecule has 0 aliphatic rings. The van der Waals surface area contributed by atoms with Crippen LogP contribution in [-0.2, 0) is 11.3 Å². The lowest BCUT2D eigenvalue weighted by molar-refractivity contribution is 0.145. The van der Waals surface area contributed by atoms with Crippen LogP contribution in [0.1, 0.15) is 5.56 Å². The number of benzene rings is 2. The molecule has 2 aromatic carbocycles. The van der Waals surface area contributed by atoms with Crippen LogP contribution in [0.25, 0.3) is 0 Å². The van der Waals surface area contributed by atoms with Gasteiger partial charge in [-0.15, -0.1) is 0 Å². The molecule has 0 atom stereocenters. The van der Waals surface area contributed by atoms with Gasteiger partial charge in [0.25, 0.3) is 0 Å². The number of aliphatic hydroxyl groups excluding tert-OH is 1. The largest absolute Gasteiger partial charge is 0.444 e. The summed E-state index contributed by atoms with van der Waals surface area (Å²) in [6.45, 7) is 0.0325. The Kier molecular flexibility index (Phi) is 6.07. The van der Waals surface area contributed by atoms with Crippen molar-refractivity contribution in [1.29, 1.82) is 0 Å². The van der Waals surface area contributed by atoms with Gasteiger partial charge in [0.05, 0.1) is 18.8 Å². The summed E-state index contributed by atoms with van der Waals surface area (Å²) in [5.41, 5.74) is 1.36. The lowest BCUT2D eigenvalue weighted by Crippen LogP contribution is -2.34. The van der Waals surface area contributed by atoms with Crippen molar-refractivity contribution < 1.29 is 14.6 Å². The molecule has 0 unspecified atom stereocenters. The fraction of sp³-hybridized carbons (Fsp3) is 0.188. The van der Waals surface area contributed by atoms with Gasteiger partial charge < -0.3 is 9.84 Å². The van der Waals surface area contributed by atoms with Crippen LogP contribution in [-0.4, -0.2) is 24.4 Å². The summed E-state index contributed by atoms with van der Waals surface area (Å²) in [7, 11) is 0. The second-order valence-electron chi connectivity index (χ2n) is 4.54. The van der Waals surface area contributed by atoms with Gasteiger partial charge in [0.2, 0.25) is 0 Å². The van der Waals surface area contributed by atoms with E-state index in [1.54, 1.807) is 18.2 Å². The second kappa shape index (κ2) is 8.03. The highest BCUT2D eigenvalue weighted by Gasteiger charge is 2.18. The maximum atomic E-state index is 12.2. The third-order valence-electron chi connectivity index (χ3n) is 2.91. The van der Waals surface area contributed by atoms with Crippen molar-refractivity contribution in [3.05, 3.63) is 64.1 Å². The van der Waals surface area contributed by atoms with E-state index >= 15 is 0 Å². The van der Waals surface area contributed by atoms with Crippen LogP contribution in [0.3, 0.4) is 0 Å². The Labute approximate surface area is 138 Å². The van der Waals surface area contributed by atoms with Crippen molar-refractivity contribution in [2.24, 2.45) is 0 Å². The molecule has 0 radical (unpaired) electrons. The van der Waals surface area contributed by atoms with E-state index in [-0.39, 0.29) is 19.8 Å². The molecule has 116 valence electrons. The highest BCUT2D eigenvalue weighted by molar-refractivity contribution is 6.35. The molecule has 22 heavy (non-hydrogen) atoms. The molecular weight excluding hydrogens is 325 g/mol. The molecule has 0 saturated carbocycles. The van der Waals surface area contributed by atoms with Gasteiger partial charge in [0.15, 0.2) is 0 Å². The van der Waals surface area contributed by atoms with Crippen molar-refractivity contribution in [3.8, 4) is 0 Å². The van der Waals surface area contributed by atoms with E-state index < -0.39 is 6.09 Å². The van der Waals surface area contributed by atoms with Gasteiger partial charge in [0, 0.05) is 10.0 Å². The highest BCUT2D eigenvalue weighted by Crippen LogP contribution is 2.26. The lowest BCUT2D eigenvalue weighted by Gasteiger charge is -2.21. The lowest BCUT2D eigenvalue weighted by atomic mass is 10.2. The topological polar surface area (TPSA) is 49.8 Å². The van der Waals surface area contributed by atoms with E-state index in [1.165, 1.54) is 4.90 Å². The molecule has 2 aromatic rings. The number of ether oxygens (including phenoxy) is 1. The third-order valence-corrected chi connectivity index (χ3v) is 3.34. The Balaban J connectivity index is 2.11. The Morgan fingerprint density at radius 3 is 2.32 bits per heavy atom. The van der Waals surface area contributed by atoms with Gasteiger partial charge in [-0.2, -0.15) is 0 Å². The number of anilines is 1.